The summed E-state index contributed by atoms with van der Waals surface area (Å²) < 4.78 is 0.878. The third kappa shape index (κ3) is 3.00. The Morgan fingerprint density at radius 1 is 1.40 bits per heavy atom. The molecule has 0 bridgehead atoms. The molecule has 0 aliphatic heterocycles. The molecule has 0 fully saturated rings. The number of nitrogens with zero attached hydrogens (tertiary/aromatic N) is 3. The molecule has 0 aliphatic rings. The van der Waals surface area contributed by atoms with E-state index in [2.05, 4.69) is 31.2 Å². The van der Waals surface area contributed by atoms with Crippen molar-refractivity contribution in [1.82, 2.24) is 9.97 Å². The van der Waals surface area contributed by atoms with Gasteiger partial charge in [-0.1, -0.05) is 0 Å². The topological polar surface area (TPSA) is 78.7 Å². The van der Waals surface area contributed by atoms with Gasteiger partial charge in [0.1, 0.15) is 17.6 Å². The third-order valence-electron chi connectivity index (χ3n) is 2.73. The SMILES string of the molecule is Cc1cc(NC(=O)c2ccc(C#N)c(C)n2)ncc1Br. The molecule has 2 aromatic rings. The minimum Gasteiger partial charge on any atom is -0.305 e. The van der Waals surface area contributed by atoms with Crippen molar-refractivity contribution in [3.63, 3.8) is 0 Å². The zero-order valence-corrected chi connectivity index (χ0v) is 12.5. The van der Waals surface area contributed by atoms with E-state index in [0.29, 0.717) is 17.1 Å². The van der Waals surface area contributed by atoms with E-state index in [-0.39, 0.29) is 11.6 Å². The van der Waals surface area contributed by atoms with Gasteiger partial charge in [0.2, 0.25) is 0 Å². The number of nitriles is 1. The number of rotatable bonds is 2. The van der Waals surface area contributed by atoms with Crippen molar-refractivity contribution in [2.45, 2.75) is 13.8 Å². The van der Waals surface area contributed by atoms with Crippen LogP contribution in [0.4, 0.5) is 5.82 Å². The van der Waals surface area contributed by atoms with Gasteiger partial charge in [0, 0.05) is 10.7 Å². The van der Waals surface area contributed by atoms with Crippen molar-refractivity contribution < 1.29 is 4.79 Å². The molecule has 0 aliphatic carbocycles. The van der Waals surface area contributed by atoms with E-state index < -0.39 is 0 Å². The minimum absolute atomic E-state index is 0.254. The first-order valence-electron chi connectivity index (χ1n) is 5.82. The number of pyridine rings is 2. The highest BCUT2D eigenvalue weighted by atomic mass is 79.9. The van der Waals surface area contributed by atoms with Crippen LogP contribution >= 0.6 is 15.9 Å². The van der Waals surface area contributed by atoms with Gasteiger partial charge in [-0.15, -0.1) is 0 Å². The number of halogens is 1. The van der Waals surface area contributed by atoms with Crippen LogP contribution in [0.1, 0.15) is 27.3 Å². The second-order valence-electron chi connectivity index (χ2n) is 4.21. The van der Waals surface area contributed by atoms with E-state index in [1.54, 1.807) is 25.3 Å². The number of anilines is 1. The molecule has 1 amide bonds. The predicted molar refractivity (Wildman–Crippen MR) is 78.3 cm³/mol. The van der Waals surface area contributed by atoms with Crippen molar-refractivity contribution in [3.8, 4) is 6.07 Å². The van der Waals surface area contributed by atoms with Crippen LogP contribution < -0.4 is 5.32 Å². The maximum absolute atomic E-state index is 12.1. The van der Waals surface area contributed by atoms with Gasteiger partial charge in [-0.05, 0) is 53.5 Å². The maximum atomic E-state index is 12.1. The van der Waals surface area contributed by atoms with Crippen molar-refractivity contribution in [1.29, 1.82) is 5.26 Å². The molecule has 1 N–H and O–H groups in total. The quantitative estimate of drug-likeness (QED) is 0.917. The molecule has 20 heavy (non-hydrogen) atoms. The van der Waals surface area contributed by atoms with E-state index in [0.717, 1.165) is 10.0 Å². The van der Waals surface area contributed by atoms with Crippen LogP contribution in [0.3, 0.4) is 0 Å². The van der Waals surface area contributed by atoms with Crippen LogP contribution in [-0.4, -0.2) is 15.9 Å². The van der Waals surface area contributed by atoms with E-state index in [1.807, 2.05) is 13.0 Å². The molecular formula is C14H11BrN4O. The minimum atomic E-state index is -0.355. The predicted octanol–water partition coefficient (Wildman–Crippen LogP) is 2.98. The van der Waals surface area contributed by atoms with Crippen molar-refractivity contribution in [2.75, 3.05) is 5.32 Å². The number of hydrogen-bond donors (Lipinski definition) is 1. The third-order valence-corrected chi connectivity index (χ3v) is 3.56. The van der Waals surface area contributed by atoms with Crippen LogP contribution in [0.5, 0.6) is 0 Å². The molecule has 2 rings (SSSR count). The van der Waals surface area contributed by atoms with E-state index in [9.17, 15) is 4.79 Å². The zero-order valence-electron chi connectivity index (χ0n) is 10.9. The van der Waals surface area contributed by atoms with Crippen LogP contribution in [-0.2, 0) is 0 Å². The largest absolute Gasteiger partial charge is 0.305 e. The zero-order chi connectivity index (χ0) is 14.7. The first kappa shape index (κ1) is 14.2. The Morgan fingerprint density at radius 2 is 2.15 bits per heavy atom. The molecule has 0 unspecified atom stereocenters. The average Bonchev–Trinajstić information content (AvgIpc) is 2.42. The molecule has 0 spiro atoms. The molecule has 0 saturated carbocycles. The lowest BCUT2D eigenvalue weighted by Gasteiger charge is -2.06. The van der Waals surface area contributed by atoms with Gasteiger partial charge < -0.3 is 5.32 Å². The molecule has 0 saturated heterocycles. The average molecular weight is 331 g/mol. The number of hydrogen-bond acceptors (Lipinski definition) is 4. The Labute approximate surface area is 124 Å². The highest BCUT2D eigenvalue weighted by molar-refractivity contribution is 9.10. The van der Waals surface area contributed by atoms with Crippen LogP contribution in [0.25, 0.3) is 0 Å². The Kier molecular flexibility index (Phi) is 4.11. The molecule has 5 nitrogen and oxygen atoms in total. The fourth-order valence-electron chi connectivity index (χ4n) is 1.59. The monoisotopic (exact) mass is 330 g/mol. The summed E-state index contributed by atoms with van der Waals surface area (Å²) in [6.45, 7) is 3.60. The number of aryl methyl sites for hydroxylation is 2. The molecular weight excluding hydrogens is 320 g/mol. The number of aromatic nitrogens is 2. The van der Waals surface area contributed by atoms with Crippen molar-refractivity contribution >= 4 is 27.7 Å². The molecule has 2 heterocycles. The van der Waals surface area contributed by atoms with Gasteiger partial charge in [-0.25, -0.2) is 9.97 Å². The summed E-state index contributed by atoms with van der Waals surface area (Å²) in [4.78, 5) is 20.3. The van der Waals surface area contributed by atoms with E-state index >= 15 is 0 Å². The second-order valence-corrected chi connectivity index (χ2v) is 5.07. The molecule has 6 heteroatoms. The highest BCUT2D eigenvalue weighted by Crippen LogP contribution is 2.17. The van der Waals surface area contributed by atoms with Gasteiger partial charge in [0.05, 0.1) is 11.3 Å². The Hall–Kier alpha value is -2.26. The van der Waals surface area contributed by atoms with Gasteiger partial charge in [0.15, 0.2) is 0 Å². The van der Waals surface area contributed by atoms with Gasteiger partial charge in [-0.3, -0.25) is 4.79 Å². The smallest absolute Gasteiger partial charge is 0.275 e. The fraction of sp³-hybridized carbons (Fsp3) is 0.143. The number of nitrogens with one attached hydrogen (secondary N) is 1. The summed E-state index contributed by atoms with van der Waals surface area (Å²) in [6, 6.07) is 6.88. The summed E-state index contributed by atoms with van der Waals surface area (Å²) in [7, 11) is 0. The van der Waals surface area contributed by atoms with E-state index in [4.69, 9.17) is 5.26 Å². The summed E-state index contributed by atoms with van der Waals surface area (Å²) >= 11 is 3.35. The lowest BCUT2D eigenvalue weighted by Crippen LogP contribution is -2.15. The molecule has 0 atom stereocenters. The summed E-state index contributed by atoms with van der Waals surface area (Å²) in [5.74, 6) is 0.103. The van der Waals surface area contributed by atoms with Crippen molar-refractivity contribution in [3.05, 3.63) is 51.4 Å². The first-order valence-corrected chi connectivity index (χ1v) is 6.62. The molecule has 0 aromatic carbocycles. The Balaban J connectivity index is 2.22. The van der Waals surface area contributed by atoms with Crippen LogP contribution in [0.2, 0.25) is 0 Å². The van der Waals surface area contributed by atoms with Gasteiger partial charge in [0.25, 0.3) is 5.91 Å². The summed E-state index contributed by atoms with van der Waals surface area (Å²) in [5, 5.41) is 11.5. The summed E-state index contributed by atoms with van der Waals surface area (Å²) in [6.07, 6.45) is 1.63. The first-order chi connectivity index (χ1) is 9.51. The summed E-state index contributed by atoms with van der Waals surface area (Å²) in [5.41, 5.74) is 2.21. The lowest BCUT2D eigenvalue weighted by atomic mass is 10.2. The maximum Gasteiger partial charge on any atom is 0.275 e. The number of carbonyl (C=O) groups excluding carboxylic acids is 1. The fourth-order valence-corrected chi connectivity index (χ4v) is 1.81. The molecule has 0 radical (unpaired) electrons. The Morgan fingerprint density at radius 3 is 2.75 bits per heavy atom. The number of amides is 1. The normalized spacial score (nSPS) is 9.90. The van der Waals surface area contributed by atoms with Crippen LogP contribution in [0.15, 0.2) is 28.9 Å². The second kappa shape index (κ2) is 5.80. The van der Waals surface area contributed by atoms with Crippen LogP contribution in [0, 0.1) is 25.2 Å². The highest BCUT2D eigenvalue weighted by Gasteiger charge is 2.11. The molecule has 100 valence electrons. The van der Waals surface area contributed by atoms with Gasteiger partial charge >= 0.3 is 0 Å². The van der Waals surface area contributed by atoms with Crippen molar-refractivity contribution in [2.24, 2.45) is 0 Å². The number of carbonyl (C=O) groups is 1. The Bertz CT molecular complexity index is 722. The van der Waals surface area contributed by atoms with Gasteiger partial charge in [-0.2, -0.15) is 5.26 Å². The standard InChI is InChI=1S/C14H11BrN4O/c1-8-5-13(17-7-11(8)15)19-14(20)12-4-3-10(6-16)9(2)18-12/h3-5,7H,1-2H3,(H,17,19,20). The lowest BCUT2D eigenvalue weighted by molar-refractivity contribution is 0.102. The van der Waals surface area contributed by atoms with E-state index in [1.165, 1.54) is 6.07 Å². The molecule has 2 aromatic heterocycles.